The highest BCUT2D eigenvalue weighted by Crippen LogP contribution is 2.27. The molecule has 0 aliphatic carbocycles. The number of pyridine rings is 1. The van der Waals surface area contributed by atoms with Gasteiger partial charge >= 0.3 is 15.5 Å². The Hall–Kier alpha value is -2.39. The van der Waals surface area contributed by atoms with Crippen molar-refractivity contribution in [3.8, 4) is 0 Å². The number of halogens is 4. The minimum absolute atomic E-state index is 0.0291. The summed E-state index contributed by atoms with van der Waals surface area (Å²) >= 11 is 5.84. The number of nitrogens with one attached hydrogen (secondary N) is 1. The van der Waals surface area contributed by atoms with Crippen molar-refractivity contribution >= 4 is 49.0 Å². The SMILES string of the molecule is O=c1c2cc(NS(=O)(=O)C(F)(F)F)ccc2ccc2ncc(Cl)cc12. The summed E-state index contributed by atoms with van der Waals surface area (Å²) in [5.41, 5.74) is -6.02. The molecule has 2 aromatic carbocycles. The first-order chi connectivity index (χ1) is 11.6. The quantitative estimate of drug-likeness (QED) is 0.726. The number of hydrogen-bond acceptors (Lipinski definition) is 4. The summed E-state index contributed by atoms with van der Waals surface area (Å²) < 4.78 is 61.3. The van der Waals surface area contributed by atoms with Gasteiger partial charge < -0.3 is 0 Å². The molecular formula is C15H8ClF3N2O3S. The molecule has 0 fully saturated rings. The summed E-state index contributed by atoms with van der Waals surface area (Å²) in [6.07, 6.45) is 1.36. The third-order valence-corrected chi connectivity index (χ3v) is 4.73. The zero-order chi connectivity index (χ0) is 18.4. The van der Waals surface area contributed by atoms with Crippen LogP contribution in [-0.2, 0) is 10.0 Å². The smallest absolute Gasteiger partial charge is 0.289 e. The molecule has 0 spiro atoms. The van der Waals surface area contributed by atoms with Gasteiger partial charge in [0, 0.05) is 22.7 Å². The van der Waals surface area contributed by atoms with E-state index in [9.17, 15) is 26.4 Å². The van der Waals surface area contributed by atoms with Crippen LogP contribution in [0.3, 0.4) is 0 Å². The molecule has 0 aliphatic heterocycles. The van der Waals surface area contributed by atoms with E-state index in [0.29, 0.717) is 10.9 Å². The van der Waals surface area contributed by atoms with Crippen molar-refractivity contribution in [2.24, 2.45) is 0 Å². The summed E-state index contributed by atoms with van der Waals surface area (Å²) in [4.78, 5) is 16.7. The lowest BCUT2D eigenvalue weighted by molar-refractivity contribution is -0.0429. The molecule has 0 unspecified atom stereocenters. The topological polar surface area (TPSA) is 76.1 Å². The molecule has 0 atom stereocenters. The Morgan fingerprint density at radius 2 is 1.72 bits per heavy atom. The largest absolute Gasteiger partial charge is 0.516 e. The van der Waals surface area contributed by atoms with Gasteiger partial charge in [0.05, 0.1) is 10.5 Å². The standard InChI is InChI=1S/C15H8ClF3N2O3S/c16-9-5-12-13(20-7-9)4-2-8-1-3-10(6-11(8)14(12)22)21-25(23,24)15(17,18)19/h1-7,21H. The van der Waals surface area contributed by atoms with E-state index in [1.807, 2.05) is 0 Å². The number of hydrogen-bond donors (Lipinski definition) is 1. The minimum Gasteiger partial charge on any atom is -0.289 e. The number of sulfonamides is 1. The van der Waals surface area contributed by atoms with Crippen molar-refractivity contribution in [1.82, 2.24) is 4.98 Å². The highest BCUT2D eigenvalue weighted by molar-refractivity contribution is 7.93. The van der Waals surface area contributed by atoms with E-state index in [4.69, 9.17) is 11.6 Å². The van der Waals surface area contributed by atoms with E-state index in [2.05, 4.69) is 4.98 Å². The first-order valence-corrected chi connectivity index (χ1v) is 8.56. The van der Waals surface area contributed by atoms with Crippen molar-refractivity contribution in [2.45, 2.75) is 5.51 Å². The summed E-state index contributed by atoms with van der Waals surface area (Å²) in [5, 5.41) is 0.826. The van der Waals surface area contributed by atoms with E-state index >= 15 is 0 Å². The Morgan fingerprint density at radius 1 is 1.04 bits per heavy atom. The zero-order valence-corrected chi connectivity index (χ0v) is 13.7. The Balaban J connectivity index is 2.26. The highest BCUT2D eigenvalue weighted by atomic mass is 35.5. The lowest BCUT2D eigenvalue weighted by Gasteiger charge is -2.10. The van der Waals surface area contributed by atoms with Gasteiger partial charge in [-0.15, -0.1) is 0 Å². The average Bonchev–Trinajstić information content (AvgIpc) is 2.64. The minimum atomic E-state index is -5.58. The zero-order valence-electron chi connectivity index (χ0n) is 12.1. The molecule has 130 valence electrons. The van der Waals surface area contributed by atoms with Gasteiger partial charge in [0.15, 0.2) is 5.43 Å². The van der Waals surface area contributed by atoms with Crippen LogP contribution < -0.4 is 10.2 Å². The number of nitrogens with zero attached hydrogens (tertiary/aromatic N) is 1. The monoisotopic (exact) mass is 388 g/mol. The maximum atomic E-state index is 12.7. The highest BCUT2D eigenvalue weighted by Gasteiger charge is 2.46. The molecule has 0 radical (unpaired) electrons. The van der Waals surface area contributed by atoms with Crippen LogP contribution in [0.4, 0.5) is 18.9 Å². The van der Waals surface area contributed by atoms with Crippen molar-refractivity contribution in [3.63, 3.8) is 0 Å². The number of anilines is 1. The number of rotatable bonds is 2. The Labute approximate surface area is 144 Å². The molecule has 0 saturated carbocycles. The fraction of sp³-hybridized carbons (Fsp3) is 0.0667. The van der Waals surface area contributed by atoms with Gasteiger partial charge in [-0.25, -0.2) is 0 Å². The first kappa shape index (κ1) is 17.4. The molecule has 0 aliphatic rings. The van der Waals surface area contributed by atoms with E-state index in [-0.39, 0.29) is 21.5 Å². The van der Waals surface area contributed by atoms with Gasteiger partial charge in [0.1, 0.15) is 0 Å². The number of benzene rings is 1. The fourth-order valence-corrected chi connectivity index (χ4v) is 2.96. The lowest BCUT2D eigenvalue weighted by atomic mass is 10.1. The van der Waals surface area contributed by atoms with Gasteiger partial charge in [-0.1, -0.05) is 23.7 Å². The third kappa shape index (κ3) is 3.24. The third-order valence-electron chi connectivity index (χ3n) is 3.41. The van der Waals surface area contributed by atoms with Crippen LogP contribution in [0.25, 0.3) is 21.7 Å². The molecule has 3 aromatic rings. The van der Waals surface area contributed by atoms with E-state index in [1.165, 1.54) is 23.1 Å². The van der Waals surface area contributed by atoms with Crippen LogP contribution in [0.5, 0.6) is 0 Å². The Morgan fingerprint density at radius 3 is 2.40 bits per heavy atom. The van der Waals surface area contributed by atoms with E-state index < -0.39 is 21.0 Å². The van der Waals surface area contributed by atoms with Crippen molar-refractivity contribution in [1.29, 1.82) is 0 Å². The predicted molar refractivity (Wildman–Crippen MR) is 89.1 cm³/mol. The first-order valence-electron chi connectivity index (χ1n) is 6.70. The molecule has 1 heterocycles. The molecule has 5 nitrogen and oxygen atoms in total. The second-order valence-electron chi connectivity index (χ2n) is 5.10. The van der Waals surface area contributed by atoms with Crippen LogP contribution in [0.2, 0.25) is 5.02 Å². The van der Waals surface area contributed by atoms with Crippen molar-refractivity contribution < 1.29 is 21.6 Å². The van der Waals surface area contributed by atoms with Crippen molar-refractivity contribution in [2.75, 3.05) is 4.72 Å². The molecule has 1 N–H and O–H groups in total. The molecule has 1 aromatic heterocycles. The van der Waals surface area contributed by atoms with Crippen LogP contribution in [0.15, 0.2) is 47.4 Å². The second kappa shape index (κ2) is 5.85. The molecule has 25 heavy (non-hydrogen) atoms. The summed E-state index contributed by atoms with van der Waals surface area (Å²) in [6, 6.07) is 8.03. The van der Waals surface area contributed by atoms with Gasteiger partial charge in [0.25, 0.3) is 0 Å². The predicted octanol–water partition coefficient (Wildman–Crippen LogP) is 3.66. The van der Waals surface area contributed by atoms with Crippen LogP contribution >= 0.6 is 11.6 Å². The van der Waals surface area contributed by atoms with Gasteiger partial charge in [-0.2, -0.15) is 21.6 Å². The lowest BCUT2D eigenvalue weighted by Crippen LogP contribution is -2.29. The molecule has 3 rings (SSSR count). The van der Waals surface area contributed by atoms with Crippen LogP contribution in [0, 0.1) is 0 Å². The Kier molecular flexibility index (Phi) is 4.08. The van der Waals surface area contributed by atoms with Crippen LogP contribution in [0.1, 0.15) is 0 Å². The molecule has 10 heteroatoms. The normalized spacial score (nSPS) is 12.5. The summed E-state index contributed by atoms with van der Waals surface area (Å²) in [6.45, 7) is 0. The molecule has 0 saturated heterocycles. The Bertz CT molecular complexity index is 1160. The molecule has 0 amide bonds. The van der Waals surface area contributed by atoms with E-state index in [1.54, 1.807) is 12.1 Å². The number of aromatic nitrogens is 1. The van der Waals surface area contributed by atoms with Gasteiger partial charge in [0.2, 0.25) is 0 Å². The number of alkyl halides is 3. The molecule has 0 bridgehead atoms. The van der Waals surface area contributed by atoms with Crippen LogP contribution in [-0.4, -0.2) is 18.9 Å². The maximum absolute atomic E-state index is 12.7. The van der Waals surface area contributed by atoms with Gasteiger partial charge in [-0.05, 0) is 29.7 Å². The van der Waals surface area contributed by atoms with Gasteiger partial charge in [-0.3, -0.25) is 14.5 Å². The summed E-state index contributed by atoms with van der Waals surface area (Å²) in [5.74, 6) is 0. The van der Waals surface area contributed by atoms with Crippen molar-refractivity contribution in [3.05, 3.63) is 57.8 Å². The fourth-order valence-electron chi connectivity index (χ4n) is 2.25. The maximum Gasteiger partial charge on any atom is 0.516 e. The van der Waals surface area contributed by atoms with E-state index in [0.717, 1.165) is 12.1 Å². The average molecular weight is 389 g/mol. The second-order valence-corrected chi connectivity index (χ2v) is 7.21. The number of fused-ring (bicyclic) bond motifs is 2. The molecular weight excluding hydrogens is 381 g/mol. The summed E-state index contributed by atoms with van der Waals surface area (Å²) in [7, 11) is -5.58.